The van der Waals surface area contributed by atoms with E-state index in [4.69, 9.17) is 5.73 Å². The first-order chi connectivity index (χ1) is 11.5. The first-order valence-corrected chi connectivity index (χ1v) is 8.25. The van der Waals surface area contributed by atoms with E-state index in [0.717, 1.165) is 41.8 Å². The van der Waals surface area contributed by atoms with Gasteiger partial charge >= 0.3 is 0 Å². The molecule has 3 rings (SSSR count). The predicted molar refractivity (Wildman–Crippen MR) is 91.0 cm³/mol. The standard InChI is InChI=1S/C17H23N5O2/c1-11-4-2-6-13-16(11)21-15(20-13)8-19-17(24)12-5-3-7-22(9-12)10-14(18)23/h2,4,6,12H,3,5,7-10H2,1H3,(H2,18,23)(H,19,24)(H,20,21). The average molecular weight is 329 g/mol. The van der Waals surface area contributed by atoms with Gasteiger partial charge in [-0.1, -0.05) is 12.1 Å². The van der Waals surface area contributed by atoms with Gasteiger partial charge in [0.15, 0.2) is 0 Å². The van der Waals surface area contributed by atoms with Crippen molar-refractivity contribution in [1.82, 2.24) is 20.2 Å². The lowest BCUT2D eigenvalue weighted by Gasteiger charge is -2.30. The number of benzene rings is 1. The van der Waals surface area contributed by atoms with Crippen molar-refractivity contribution < 1.29 is 9.59 Å². The van der Waals surface area contributed by atoms with Crippen LogP contribution >= 0.6 is 0 Å². The molecule has 1 aromatic carbocycles. The largest absolute Gasteiger partial charge is 0.369 e. The third kappa shape index (κ3) is 3.73. The molecule has 128 valence electrons. The number of aromatic nitrogens is 2. The number of para-hydroxylation sites is 1. The number of hydrogen-bond donors (Lipinski definition) is 3. The van der Waals surface area contributed by atoms with Crippen LogP contribution in [0.5, 0.6) is 0 Å². The van der Waals surface area contributed by atoms with Gasteiger partial charge in [0.05, 0.1) is 30.0 Å². The maximum Gasteiger partial charge on any atom is 0.231 e. The molecule has 1 unspecified atom stereocenters. The van der Waals surface area contributed by atoms with E-state index in [9.17, 15) is 9.59 Å². The van der Waals surface area contributed by atoms with E-state index in [2.05, 4.69) is 15.3 Å². The number of nitrogens with zero attached hydrogens (tertiary/aromatic N) is 2. The highest BCUT2D eigenvalue weighted by Gasteiger charge is 2.26. The molecule has 24 heavy (non-hydrogen) atoms. The summed E-state index contributed by atoms with van der Waals surface area (Å²) < 4.78 is 0. The summed E-state index contributed by atoms with van der Waals surface area (Å²) in [6, 6.07) is 5.97. The van der Waals surface area contributed by atoms with Crippen LogP contribution in [0.15, 0.2) is 18.2 Å². The minimum absolute atomic E-state index is 0.00125. The van der Waals surface area contributed by atoms with Gasteiger partial charge in [-0.15, -0.1) is 0 Å². The first-order valence-electron chi connectivity index (χ1n) is 8.25. The molecule has 0 radical (unpaired) electrons. The number of carbonyl (C=O) groups excluding carboxylic acids is 2. The number of imidazole rings is 1. The van der Waals surface area contributed by atoms with E-state index in [1.807, 2.05) is 30.0 Å². The summed E-state index contributed by atoms with van der Waals surface area (Å²) in [5.74, 6) is 0.289. The number of rotatable bonds is 5. The molecule has 0 aliphatic carbocycles. The Balaban J connectivity index is 1.58. The van der Waals surface area contributed by atoms with Gasteiger partial charge in [0, 0.05) is 6.54 Å². The summed E-state index contributed by atoms with van der Waals surface area (Å²) in [5, 5.41) is 2.95. The van der Waals surface area contributed by atoms with Crippen molar-refractivity contribution in [1.29, 1.82) is 0 Å². The second-order valence-corrected chi connectivity index (χ2v) is 6.41. The van der Waals surface area contributed by atoms with Crippen LogP contribution in [-0.2, 0) is 16.1 Å². The normalized spacial score (nSPS) is 18.6. The van der Waals surface area contributed by atoms with Crippen molar-refractivity contribution >= 4 is 22.8 Å². The second-order valence-electron chi connectivity index (χ2n) is 6.41. The molecular weight excluding hydrogens is 306 g/mol. The average Bonchev–Trinajstić information content (AvgIpc) is 2.97. The molecule has 0 saturated carbocycles. The monoisotopic (exact) mass is 329 g/mol. The fraction of sp³-hybridized carbons (Fsp3) is 0.471. The fourth-order valence-electron chi connectivity index (χ4n) is 3.26. The van der Waals surface area contributed by atoms with Crippen molar-refractivity contribution in [3.8, 4) is 0 Å². The van der Waals surface area contributed by atoms with E-state index in [0.29, 0.717) is 13.1 Å². The van der Waals surface area contributed by atoms with Gasteiger partial charge in [-0.2, -0.15) is 0 Å². The Kier molecular flexibility index (Phi) is 4.80. The van der Waals surface area contributed by atoms with Crippen molar-refractivity contribution in [2.24, 2.45) is 11.7 Å². The Morgan fingerprint density at radius 1 is 1.46 bits per heavy atom. The molecule has 0 spiro atoms. The number of nitrogens with one attached hydrogen (secondary N) is 2. The topological polar surface area (TPSA) is 104 Å². The molecule has 1 saturated heterocycles. The molecular formula is C17H23N5O2. The molecule has 7 heteroatoms. The van der Waals surface area contributed by atoms with Gasteiger partial charge in [-0.05, 0) is 37.9 Å². The quantitative estimate of drug-likeness (QED) is 0.750. The highest BCUT2D eigenvalue weighted by molar-refractivity contribution is 5.80. The van der Waals surface area contributed by atoms with E-state index in [1.165, 1.54) is 0 Å². The predicted octanol–water partition coefficient (Wildman–Crippen LogP) is 0.685. The molecule has 1 fully saturated rings. The summed E-state index contributed by atoms with van der Waals surface area (Å²) in [6.45, 7) is 4.00. The van der Waals surface area contributed by atoms with E-state index in [-0.39, 0.29) is 24.3 Å². The highest BCUT2D eigenvalue weighted by atomic mass is 16.2. The zero-order chi connectivity index (χ0) is 17.1. The summed E-state index contributed by atoms with van der Waals surface area (Å²) in [5.41, 5.74) is 8.26. The summed E-state index contributed by atoms with van der Waals surface area (Å²) in [7, 11) is 0. The van der Waals surface area contributed by atoms with Crippen molar-refractivity contribution in [2.75, 3.05) is 19.6 Å². The SMILES string of the molecule is Cc1cccc2[nH]c(CNC(=O)C3CCCN(CC(N)=O)C3)nc12. The number of aromatic amines is 1. The van der Waals surface area contributed by atoms with E-state index < -0.39 is 0 Å². The number of piperidine rings is 1. The molecule has 1 aliphatic heterocycles. The van der Waals surface area contributed by atoms with Crippen LogP contribution in [0.4, 0.5) is 0 Å². The van der Waals surface area contributed by atoms with Gasteiger partial charge in [0.25, 0.3) is 0 Å². The molecule has 1 atom stereocenters. The molecule has 2 aromatic rings. The lowest BCUT2D eigenvalue weighted by Crippen LogP contribution is -2.45. The van der Waals surface area contributed by atoms with Gasteiger partial charge in [0.2, 0.25) is 11.8 Å². The number of fused-ring (bicyclic) bond motifs is 1. The number of carbonyl (C=O) groups is 2. The van der Waals surface area contributed by atoms with Gasteiger partial charge < -0.3 is 16.0 Å². The van der Waals surface area contributed by atoms with E-state index in [1.54, 1.807) is 0 Å². The summed E-state index contributed by atoms with van der Waals surface area (Å²) in [4.78, 5) is 33.1. The molecule has 1 aliphatic rings. The van der Waals surface area contributed by atoms with Crippen LogP contribution in [0.25, 0.3) is 11.0 Å². The lowest BCUT2D eigenvalue weighted by atomic mass is 9.97. The van der Waals surface area contributed by atoms with Crippen LogP contribution in [0, 0.1) is 12.8 Å². The first kappa shape index (κ1) is 16.4. The van der Waals surface area contributed by atoms with Crippen molar-refractivity contribution in [3.63, 3.8) is 0 Å². The van der Waals surface area contributed by atoms with Crippen molar-refractivity contribution in [2.45, 2.75) is 26.3 Å². The van der Waals surface area contributed by atoms with Crippen LogP contribution in [0.2, 0.25) is 0 Å². The van der Waals surface area contributed by atoms with Crippen LogP contribution in [-0.4, -0.2) is 46.3 Å². The highest BCUT2D eigenvalue weighted by Crippen LogP contribution is 2.17. The number of H-pyrrole nitrogens is 1. The maximum atomic E-state index is 12.4. The Labute approximate surface area is 140 Å². The number of amides is 2. The van der Waals surface area contributed by atoms with Crippen molar-refractivity contribution in [3.05, 3.63) is 29.6 Å². The Morgan fingerprint density at radius 2 is 2.29 bits per heavy atom. The molecule has 1 aromatic heterocycles. The third-order valence-electron chi connectivity index (χ3n) is 4.45. The van der Waals surface area contributed by atoms with Gasteiger partial charge in [0.1, 0.15) is 5.82 Å². The Hall–Kier alpha value is -2.41. The summed E-state index contributed by atoms with van der Waals surface area (Å²) in [6.07, 6.45) is 1.73. The van der Waals surface area contributed by atoms with Gasteiger partial charge in [-0.25, -0.2) is 4.98 Å². The number of nitrogens with two attached hydrogens (primary N) is 1. The zero-order valence-electron chi connectivity index (χ0n) is 13.8. The fourth-order valence-corrected chi connectivity index (χ4v) is 3.26. The van der Waals surface area contributed by atoms with Crippen LogP contribution < -0.4 is 11.1 Å². The second kappa shape index (κ2) is 7.00. The van der Waals surface area contributed by atoms with E-state index >= 15 is 0 Å². The number of hydrogen-bond acceptors (Lipinski definition) is 4. The molecule has 7 nitrogen and oxygen atoms in total. The molecule has 4 N–H and O–H groups in total. The van der Waals surface area contributed by atoms with Gasteiger partial charge in [-0.3, -0.25) is 14.5 Å². The Morgan fingerprint density at radius 3 is 3.04 bits per heavy atom. The number of likely N-dealkylation sites (tertiary alicyclic amines) is 1. The minimum Gasteiger partial charge on any atom is -0.369 e. The molecule has 2 amide bonds. The molecule has 2 heterocycles. The maximum absolute atomic E-state index is 12.4. The number of aryl methyl sites for hydroxylation is 1. The molecule has 0 bridgehead atoms. The third-order valence-corrected chi connectivity index (χ3v) is 4.45. The lowest BCUT2D eigenvalue weighted by molar-refractivity contribution is -0.128. The Bertz CT molecular complexity index is 755. The summed E-state index contributed by atoms with van der Waals surface area (Å²) >= 11 is 0. The smallest absolute Gasteiger partial charge is 0.231 e. The van der Waals surface area contributed by atoms with Crippen LogP contribution in [0.1, 0.15) is 24.2 Å². The number of primary amides is 1. The zero-order valence-corrected chi connectivity index (χ0v) is 13.8. The minimum atomic E-state index is -0.353. The van der Waals surface area contributed by atoms with Crippen LogP contribution in [0.3, 0.4) is 0 Å².